The lowest BCUT2D eigenvalue weighted by atomic mass is 9.92. The molecule has 1 aromatic carbocycles. The molecule has 1 amide bonds. The van der Waals surface area contributed by atoms with Crippen LogP contribution in [0.4, 0.5) is 4.79 Å². The lowest BCUT2D eigenvalue weighted by molar-refractivity contribution is 0.148. The van der Waals surface area contributed by atoms with E-state index in [0.717, 1.165) is 18.5 Å². The van der Waals surface area contributed by atoms with Crippen LogP contribution < -0.4 is 0 Å². The average Bonchev–Trinajstić information content (AvgIpc) is 2.80. The van der Waals surface area contributed by atoms with Crippen LogP contribution in [0.2, 0.25) is 0 Å². The van der Waals surface area contributed by atoms with Crippen LogP contribution in [0, 0.1) is 11.8 Å². The second kappa shape index (κ2) is 6.09. The molecule has 3 nitrogen and oxygen atoms in total. The van der Waals surface area contributed by atoms with E-state index >= 15 is 0 Å². The third-order valence-electron chi connectivity index (χ3n) is 4.26. The molecule has 0 spiro atoms. The number of carbonyl (C=O) groups excluding carboxylic acids is 1. The highest BCUT2D eigenvalue weighted by atomic mass is 16.6. The summed E-state index contributed by atoms with van der Waals surface area (Å²) in [5.41, 5.74) is 1.16. The van der Waals surface area contributed by atoms with Gasteiger partial charge in [-0.2, -0.15) is 0 Å². The monoisotopic (exact) mass is 261 g/mol. The number of hydrogen-bond acceptors (Lipinski definition) is 2. The molecule has 0 aromatic heterocycles. The molecule has 3 atom stereocenters. The Labute approximate surface area is 115 Å². The molecule has 0 aliphatic carbocycles. The second-order valence-corrected chi connectivity index (χ2v) is 5.52. The molecule has 1 fully saturated rings. The zero-order valence-electron chi connectivity index (χ0n) is 12.0. The first-order valence-electron chi connectivity index (χ1n) is 7.11. The van der Waals surface area contributed by atoms with E-state index in [1.807, 2.05) is 23.1 Å². The van der Waals surface area contributed by atoms with Crippen LogP contribution in [0.1, 0.15) is 38.8 Å². The summed E-state index contributed by atoms with van der Waals surface area (Å²) in [7, 11) is 0. The minimum absolute atomic E-state index is 0.0696. The lowest BCUT2D eigenvalue weighted by Gasteiger charge is -2.27. The van der Waals surface area contributed by atoms with Crippen molar-refractivity contribution in [1.29, 1.82) is 0 Å². The Morgan fingerprint density at radius 2 is 1.95 bits per heavy atom. The summed E-state index contributed by atoms with van der Waals surface area (Å²) in [6, 6.07) is 10.2. The number of amides is 1. The van der Waals surface area contributed by atoms with Crippen molar-refractivity contribution in [3.8, 4) is 0 Å². The quantitative estimate of drug-likeness (QED) is 0.805. The molecule has 104 valence electrons. The molecular formula is C16H23NO2. The largest absolute Gasteiger partial charge is 0.447 e. The zero-order valence-corrected chi connectivity index (χ0v) is 12.0. The van der Waals surface area contributed by atoms with Crippen molar-refractivity contribution in [2.45, 2.75) is 33.2 Å². The van der Waals surface area contributed by atoms with E-state index in [-0.39, 0.29) is 12.1 Å². The predicted molar refractivity (Wildman–Crippen MR) is 75.9 cm³/mol. The molecule has 3 heteroatoms. The van der Waals surface area contributed by atoms with Crippen LogP contribution >= 0.6 is 0 Å². The van der Waals surface area contributed by atoms with Gasteiger partial charge in [0.15, 0.2) is 0 Å². The predicted octanol–water partition coefficient (Wildman–Crippen LogP) is 3.86. The van der Waals surface area contributed by atoms with E-state index in [2.05, 4.69) is 32.9 Å². The Morgan fingerprint density at radius 3 is 2.58 bits per heavy atom. The molecule has 1 aromatic rings. The average molecular weight is 261 g/mol. The lowest BCUT2D eigenvalue weighted by Crippen LogP contribution is -2.33. The summed E-state index contributed by atoms with van der Waals surface area (Å²) in [5.74, 6) is 1.10. The number of carbonyl (C=O) groups is 1. The Morgan fingerprint density at radius 1 is 1.26 bits per heavy atom. The fraction of sp³-hybridized carbons (Fsp3) is 0.562. The molecule has 2 rings (SSSR count). The van der Waals surface area contributed by atoms with Gasteiger partial charge in [0.25, 0.3) is 0 Å². The normalized spacial score (nSPS) is 22.2. The van der Waals surface area contributed by atoms with Gasteiger partial charge in [-0.1, -0.05) is 57.5 Å². The number of ether oxygens (including phenoxy) is 1. The first-order chi connectivity index (χ1) is 9.13. The van der Waals surface area contributed by atoms with E-state index < -0.39 is 0 Å². The molecule has 1 heterocycles. The van der Waals surface area contributed by atoms with Crippen LogP contribution in [-0.2, 0) is 4.74 Å². The Balaban J connectivity index is 2.10. The van der Waals surface area contributed by atoms with E-state index in [1.165, 1.54) is 0 Å². The minimum atomic E-state index is -0.177. The first-order valence-corrected chi connectivity index (χ1v) is 7.11. The SMILES string of the molecule is CC[C@@H](C)[C@@H](C)CN1C(=O)OC[C@@H]1c1ccccc1. The minimum Gasteiger partial charge on any atom is -0.447 e. The highest BCUT2D eigenvalue weighted by Crippen LogP contribution is 2.29. The van der Waals surface area contributed by atoms with Crippen molar-refractivity contribution in [3.05, 3.63) is 35.9 Å². The van der Waals surface area contributed by atoms with E-state index in [1.54, 1.807) is 0 Å². The van der Waals surface area contributed by atoms with Crippen LogP contribution in [0.25, 0.3) is 0 Å². The molecule has 1 aliphatic heterocycles. The van der Waals surface area contributed by atoms with Crippen molar-refractivity contribution in [1.82, 2.24) is 4.90 Å². The summed E-state index contributed by atoms with van der Waals surface area (Å²) in [4.78, 5) is 13.8. The number of hydrogen-bond donors (Lipinski definition) is 0. The maximum Gasteiger partial charge on any atom is 0.410 e. The zero-order chi connectivity index (χ0) is 13.8. The summed E-state index contributed by atoms with van der Waals surface area (Å²) in [5, 5.41) is 0. The van der Waals surface area contributed by atoms with Gasteiger partial charge in [0.1, 0.15) is 6.61 Å². The highest BCUT2D eigenvalue weighted by Gasteiger charge is 2.35. The summed E-state index contributed by atoms with van der Waals surface area (Å²) >= 11 is 0. The van der Waals surface area contributed by atoms with Crippen LogP contribution in [0.5, 0.6) is 0 Å². The Kier molecular flexibility index (Phi) is 4.46. The molecular weight excluding hydrogens is 238 g/mol. The Hall–Kier alpha value is -1.51. The third-order valence-corrected chi connectivity index (χ3v) is 4.26. The van der Waals surface area contributed by atoms with E-state index in [0.29, 0.717) is 18.4 Å². The van der Waals surface area contributed by atoms with Crippen LogP contribution in [-0.4, -0.2) is 24.1 Å². The van der Waals surface area contributed by atoms with Gasteiger partial charge in [-0.15, -0.1) is 0 Å². The van der Waals surface area contributed by atoms with Gasteiger partial charge >= 0.3 is 6.09 Å². The third kappa shape index (κ3) is 3.09. The van der Waals surface area contributed by atoms with Crippen molar-refractivity contribution in [2.75, 3.05) is 13.2 Å². The second-order valence-electron chi connectivity index (χ2n) is 5.52. The van der Waals surface area contributed by atoms with Crippen LogP contribution in [0.15, 0.2) is 30.3 Å². The number of nitrogens with zero attached hydrogens (tertiary/aromatic N) is 1. The fourth-order valence-corrected chi connectivity index (χ4v) is 2.50. The molecule has 0 unspecified atom stereocenters. The van der Waals surface area contributed by atoms with Crippen molar-refractivity contribution < 1.29 is 9.53 Å². The van der Waals surface area contributed by atoms with Gasteiger partial charge in [-0.25, -0.2) is 4.79 Å². The van der Waals surface area contributed by atoms with Crippen molar-refractivity contribution >= 4 is 6.09 Å². The number of benzene rings is 1. The molecule has 1 saturated heterocycles. The number of cyclic esters (lactones) is 1. The molecule has 19 heavy (non-hydrogen) atoms. The van der Waals surface area contributed by atoms with E-state index in [4.69, 9.17) is 4.74 Å². The van der Waals surface area contributed by atoms with Crippen molar-refractivity contribution in [2.24, 2.45) is 11.8 Å². The molecule has 1 aliphatic rings. The maximum absolute atomic E-state index is 11.9. The smallest absolute Gasteiger partial charge is 0.410 e. The first kappa shape index (κ1) is 13.9. The highest BCUT2D eigenvalue weighted by molar-refractivity contribution is 5.70. The molecule has 0 saturated carbocycles. The van der Waals surface area contributed by atoms with E-state index in [9.17, 15) is 4.79 Å². The molecule has 0 radical (unpaired) electrons. The van der Waals surface area contributed by atoms with Gasteiger partial charge in [0, 0.05) is 6.54 Å². The topological polar surface area (TPSA) is 29.5 Å². The van der Waals surface area contributed by atoms with Gasteiger partial charge in [0.05, 0.1) is 6.04 Å². The number of rotatable bonds is 5. The Bertz CT molecular complexity index is 418. The van der Waals surface area contributed by atoms with Gasteiger partial charge < -0.3 is 4.74 Å². The standard InChI is InChI=1S/C16H23NO2/c1-4-12(2)13(3)10-17-15(11-19-16(17)18)14-8-6-5-7-9-14/h5-9,12-13,15H,4,10-11H2,1-3H3/t12-,13+,15-/m1/s1. The van der Waals surface area contributed by atoms with Gasteiger partial charge in [-0.3, -0.25) is 4.90 Å². The van der Waals surface area contributed by atoms with Crippen molar-refractivity contribution in [3.63, 3.8) is 0 Å². The maximum atomic E-state index is 11.9. The van der Waals surface area contributed by atoms with Crippen LogP contribution in [0.3, 0.4) is 0 Å². The molecule has 0 bridgehead atoms. The summed E-state index contributed by atoms with van der Waals surface area (Å²) < 4.78 is 5.23. The summed E-state index contributed by atoms with van der Waals surface area (Å²) in [6.45, 7) is 7.88. The molecule has 0 N–H and O–H groups in total. The van der Waals surface area contributed by atoms with Gasteiger partial charge in [0.2, 0.25) is 0 Å². The summed E-state index contributed by atoms with van der Waals surface area (Å²) in [6.07, 6.45) is 0.962. The van der Waals surface area contributed by atoms with Gasteiger partial charge in [-0.05, 0) is 17.4 Å². The fourth-order valence-electron chi connectivity index (χ4n) is 2.50.